The predicted octanol–water partition coefficient (Wildman–Crippen LogP) is 2.94. The van der Waals surface area contributed by atoms with Crippen molar-refractivity contribution in [3.8, 4) is 6.07 Å². The summed E-state index contributed by atoms with van der Waals surface area (Å²) in [5, 5.41) is 8.69. The molecule has 0 N–H and O–H groups in total. The Balaban J connectivity index is 3.03. The summed E-state index contributed by atoms with van der Waals surface area (Å²) < 4.78 is 63.3. The van der Waals surface area contributed by atoms with Gasteiger partial charge in [-0.1, -0.05) is 30.4 Å². The van der Waals surface area contributed by atoms with Gasteiger partial charge in [-0.05, 0) is 18.6 Å². The number of sulfonamides is 1. The second kappa shape index (κ2) is 7.42. The molecule has 0 aliphatic rings. The largest absolute Gasteiger partial charge is 0.416 e. The van der Waals surface area contributed by atoms with Gasteiger partial charge in [0.15, 0.2) is 0 Å². The maximum absolute atomic E-state index is 12.6. The zero-order chi connectivity index (χ0) is 16.8. The van der Waals surface area contributed by atoms with Crippen LogP contribution >= 0.6 is 0 Å². The van der Waals surface area contributed by atoms with Crippen LogP contribution in [0.25, 0.3) is 0 Å². The number of hydrogen-bond donors (Lipinski definition) is 0. The number of hydrogen-bond acceptors (Lipinski definition) is 3. The highest BCUT2D eigenvalue weighted by molar-refractivity contribution is 7.88. The molecule has 0 amide bonds. The van der Waals surface area contributed by atoms with Crippen LogP contribution in [-0.4, -0.2) is 25.8 Å². The van der Waals surface area contributed by atoms with Crippen LogP contribution in [0.2, 0.25) is 0 Å². The highest BCUT2D eigenvalue weighted by atomic mass is 32.2. The van der Waals surface area contributed by atoms with E-state index in [0.717, 1.165) is 22.5 Å². The van der Waals surface area contributed by atoms with Crippen LogP contribution in [0.4, 0.5) is 13.2 Å². The molecule has 22 heavy (non-hydrogen) atoms. The second-order valence-corrected chi connectivity index (χ2v) is 6.44. The van der Waals surface area contributed by atoms with Crippen LogP contribution < -0.4 is 0 Å². The maximum atomic E-state index is 12.6. The van der Waals surface area contributed by atoms with E-state index in [1.165, 1.54) is 6.07 Å². The lowest BCUT2D eigenvalue weighted by molar-refractivity contribution is -0.137. The summed E-state index contributed by atoms with van der Waals surface area (Å²) in [5.41, 5.74) is -0.876. The van der Waals surface area contributed by atoms with Crippen molar-refractivity contribution in [2.75, 3.05) is 13.1 Å². The number of allylic oxidation sites excluding steroid dienone is 1. The molecule has 1 rings (SSSR count). The van der Waals surface area contributed by atoms with Gasteiger partial charge in [0.1, 0.15) is 6.54 Å². The van der Waals surface area contributed by atoms with Gasteiger partial charge in [0.2, 0.25) is 10.0 Å². The van der Waals surface area contributed by atoms with Crippen LogP contribution in [0.1, 0.15) is 18.1 Å². The molecule has 0 radical (unpaired) electrons. The Bertz CT molecular complexity index is 676. The molecular formula is C14H15F3N2O2S. The number of nitriles is 1. The van der Waals surface area contributed by atoms with E-state index in [4.69, 9.17) is 5.26 Å². The molecule has 1 aromatic carbocycles. The van der Waals surface area contributed by atoms with Crippen molar-refractivity contribution in [3.63, 3.8) is 0 Å². The third-order valence-electron chi connectivity index (χ3n) is 2.79. The van der Waals surface area contributed by atoms with Gasteiger partial charge in [-0.2, -0.15) is 22.7 Å². The van der Waals surface area contributed by atoms with Crippen molar-refractivity contribution < 1.29 is 21.6 Å². The predicted molar refractivity (Wildman–Crippen MR) is 76.1 cm³/mol. The first kappa shape index (κ1) is 18.2. The number of rotatable bonds is 6. The third kappa shape index (κ3) is 5.16. The van der Waals surface area contributed by atoms with Crippen LogP contribution in [0, 0.1) is 11.3 Å². The molecule has 0 saturated carbocycles. The van der Waals surface area contributed by atoms with Gasteiger partial charge in [-0.25, -0.2) is 8.42 Å². The van der Waals surface area contributed by atoms with Gasteiger partial charge < -0.3 is 0 Å². The first-order valence-corrected chi connectivity index (χ1v) is 7.93. The van der Waals surface area contributed by atoms with Gasteiger partial charge in [0, 0.05) is 6.54 Å². The van der Waals surface area contributed by atoms with E-state index in [1.54, 1.807) is 25.1 Å². The van der Waals surface area contributed by atoms with E-state index in [9.17, 15) is 21.6 Å². The lowest BCUT2D eigenvalue weighted by Gasteiger charge is -2.18. The topological polar surface area (TPSA) is 61.2 Å². The molecule has 0 aliphatic heterocycles. The van der Waals surface area contributed by atoms with Crippen LogP contribution in [0.15, 0.2) is 36.4 Å². The molecule has 0 atom stereocenters. The molecule has 0 fully saturated rings. The van der Waals surface area contributed by atoms with Crippen molar-refractivity contribution in [1.29, 1.82) is 5.26 Å². The lowest BCUT2D eigenvalue weighted by atomic mass is 10.1. The summed E-state index contributed by atoms with van der Waals surface area (Å²) in [6, 6.07) is 5.89. The Labute approximate surface area is 127 Å². The van der Waals surface area contributed by atoms with E-state index in [0.29, 0.717) is 0 Å². The van der Waals surface area contributed by atoms with Gasteiger partial charge in [0.05, 0.1) is 17.4 Å². The maximum Gasteiger partial charge on any atom is 0.416 e. The minimum Gasteiger partial charge on any atom is -0.212 e. The number of halogens is 3. The SMILES string of the molecule is CC=CCN(CC#N)S(=O)(=O)Cc1cccc(C(F)(F)F)c1. The second-order valence-electron chi connectivity index (χ2n) is 4.47. The molecule has 0 aliphatic carbocycles. The molecule has 0 saturated heterocycles. The molecule has 0 bridgehead atoms. The molecule has 1 aromatic rings. The summed E-state index contributed by atoms with van der Waals surface area (Å²) in [6.07, 6.45) is -1.34. The highest BCUT2D eigenvalue weighted by Gasteiger charge is 2.31. The van der Waals surface area contributed by atoms with Crippen LogP contribution in [0.3, 0.4) is 0 Å². The molecule has 8 heteroatoms. The molecule has 0 unspecified atom stereocenters. The van der Waals surface area contributed by atoms with Gasteiger partial charge in [-0.15, -0.1) is 0 Å². The quantitative estimate of drug-likeness (QED) is 0.594. The minimum atomic E-state index is -4.53. The van der Waals surface area contributed by atoms with Gasteiger partial charge in [0.25, 0.3) is 0 Å². The standard InChI is InChI=1S/C14H15F3N2O2S/c1-2-3-8-19(9-7-18)22(20,21)11-12-5-4-6-13(10-12)14(15,16)17/h2-6,10H,8-9,11H2,1H3. The van der Waals surface area contributed by atoms with Crippen molar-refractivity contribution in [2.45, 2.75) is 18.9 Å². The number of benzene rings is 1. The Morgan fingerprint density at radius 1 is 1.36 bits per heavy atom. The Kier molecular flexibility index (Phi) is 6.14. The average Bonchev–Trinajstić information content (AvgIpc) is 2.42. The van der Waals surface area contributed by atoms with Crippen molar-refractivity contribution in [3.05, 3.63) is 47.5 Å². The molecule has 0 heterocycles. The van der Waals surface area contributed by atoms with Crippen molar-refractivity contribution >= 4 is 10.0 Å². The molecule has 4 nitrogen and oxygen atoms in total. The van der Waals surface area contributed by atoms with Crippen LogP contribution in [-0.2, 0) is 22.0 Å². The van der Waals surface area contributed by atoms with E-state index in [2.05, 4.69) is 0 Å². The summed E-state index contributed by atoms with van der Waals surface area (Å²) in [5.74, 6) is -0.587. The normalized spacial score (nSPS) is 12.7. The summed E-state index contributed by atoms with van der Waals surface area (Å²) in [4.78, 5) is 0. The van der Waals surface area contributed by atoms with E-state index in [1.807, 2.05) is 0 Å². The Hall–Kier alpha value is -1.85. The highest BCUT2D eigenvalue weighted by Crippen LogP contribution is 2.30. The van der Waals surface area contributed by atoms with Gasteiger partial charge >= 0.3 is 6.18 Å². The van der Waals surface area contributed by atoms with Crippen molar-refractivity contribution in [2.24, 2.45) is 0 Å². The zero-order valence-corrected chi connectivity index (χ0v) is 12.7. The van der Waals surface area contributed by atoms with Crippen molar-refractivity contribution in [1.82, 2.24) is 4.31 Å². The number of alkyl halides is 3. The van der Waals surface area contributed by atoms with E-state index >= 15 is 0 Å². The monoisotopic (exact) mass is 332 g/mol. The molecule has 0 aromatic heterocycles. The average molecular weight is 332 g/mol. The first-order valence-electron chi connectivity index (χ1n) is 6.32. The molecule has 0 spiro atoms. The van der Waals surface area contributed by atoms with E-state index in [-0.39, 0.29) is 18.7 Å². The zero-order valence-electron chi connectivity index (χ0n) is 11.8. The Morgan fingerprint density at radius 3 is 2.59 bits per heavy atom. The fourth-order valence-electron chi connectivity index (χ4n) is 1.72. The van der Waals surface area contributed by atoms with Crippen LogP contribution in [0.5, 0.6) is 0 Å². The summed E-state index contributed by atoms with van der Waals surface area (Å²) in [6.45, 7) is 1.35. The first-order chi connectivity index (χ1) is 10.2. The lowest BCUT2D eigenvalue weighted by Crippen LogP contribution is -2.32. The fourth-order valence-corrected chi connectivity index (χ4v) is 3.07. The third-order valence-corrected chi connectivity index (χ3v) is 4.55. The molecular weight excluding hydrogens is 317 g/mol. The summed E-state index contributed by atoms with van der Waals surface area (Å²) in [7, 11) is -3.88. The van der Waals surface area contributed by atoms with E-state index < -0.39 is 27.5 Å². The number of nitrogens with zero attached hydrogens (tertiary/aromatic N) is 2. The van der Waals surface area contributed by atoms with Gasteiger partial charge in [-0.3, -0.25) is 0 Å². The minimum absolute atomic E-state index is 0.00531. The smallest absolute Gasteiger partial charge is 0.212 e. The fraction of sp³-hybridized carbons (Fsp3) is 0.357. The molecule has 120 valence electrons. The summed E-state index contributed by atoms with van der Waals surface area (Å²) >= 11 is 0. The Morgan fingerprint density at radius 2 is 2.05 bits per heavy atom.